The van der Waals surface area contributed by atoms with E-state index in [2.05, 4.69) is 0 Å². The van der Waals surface area contributed by atoms with Crippen LogP contribution < -0.4 is 4.31 Å². The van der Waals surface area contributed by atoms with E-state index < -0.39 is 45.0 Å². The predicted molar refractivity (Wildman–Crippen MR) is 108 cm³/mol. The van der Waals surface area contributed by atoms with Crippen molar-refractivity contribution in [3.8, 4) is 0 Å². The summed E-state index contributed by atoms with van der Waals surface area (Å²) < 4.78 is 51.3. The van der Waals surface area contributed by atoms with E-state index in [0.29, 0.717) is 5.56 Å². The number of rotatable bonds is 6. The first-order chi connectivity index (χ1) is 14.3. The average molecular weight is 435 g/mol. The summed E-state index contributed by atoms with van der Waals surface area (Å²) in [5.74, 6) is -4.32. The lowest BCUT2D eigenvalue weighted by Gasteiger charge is -2.37. The van der Waals surface area contributed by atoms with Crippen molar-refractivity contribution in [2.45, 2.75) is 25.3 Å². The minimum Gasteiger partial charge on any atom is -0.464 e. The van der Waals surface area contributed by atoms with Gasteiger partial charge in [0.25, 0.3) is 5.54 Å². The lowest BCUT2D eigenvalue weighted by atomic mass is 9.79. The molecular weight excluding hydrogens is 413 g/mol. The maximum atomic E-state index is 13.5. The minimum atomic E-state index is -4.14. The Labute approximate surface area is 174 Å². The van der Waals surface area contributed by atoms with Crippen molar-refractivity contribution in [2.75, 3.05) is 23.3 Å². The topological polar surface area (TPSA) is 90.0 Å². The molecule has 0 aliphatic carbocycles. The number of para-hydroxylation sites is 1. The molecule has 2 aromatic rings. The molecule has 1 aliphatic heterocycles. The highest BCUT2D eigenvalue weighted by atomic mass is 32.2. The molecule has 1 aliphatic rings. The smallest absolute Gasteiger partial charge is 0.345 e. The van der Waals surface area contributed by atoms with Crippen LogP contribution >= 0.6 is 0 Å². The number of carbonyl (C=O) groups excluding carboxylic acids is 2. The van der Waals surface area contributed by atoms with E-state index in [1.165, 1.54) is 24.3 Å². The highest BCUT2D eigenvalue weighted by Crippen LogP contribution is 2.47. The number of anilines is 1. The molecule has 1 fully saturated rings. The predicted octanol–water partition coefficient (Wildman–Crippen LogP) is 2.62. The van der Waals surface area contributed by atoms with Gasteiger partial charge in [0, 0.05) is 5.92 Å². The summed E-state index contributed by atoms with van der Waals surface area (Å²) >= 11 is 0. The van der Waals surface area contributed by atoms with Crippen LogP contribution in [0.5, 0.6) is 0 Å². The van der Waals surface area contributed by atoms with Crippen LogP contribution in [0.1, 0.15) is 25.3 Å². The van der Waals surface area contributed by atoms with Crippen LogP contribution in [0.2, 0.25) is 0 Å². The molecule has 1 heterocycles. The van der Waals surface area contributed by atoms with Crippen LogP contribution in [-0.4, -0.2) is 44.9 Å². The molecule has 1 saturated heterocycles. The summed E-state index contributed by atoms with van der Waals surface area (Å²) in [6, 6.07) is 12.8. The third kappa shape index (κ3) is 3.54. The van der Waals surface area contributed by atoms with E-state index in [9.17, 15) is 22.4 Å². The van der Waals surface area contributed by atoms with Crippen molar-refractivity contribution in [3.05, 3.63) is 66.0 Å². The van der Waals surface area contributed by atoms with Crippen molar-refractivity contribution < 1.29 is 31.9 Å². The quantitative estimate of drug-likeness (QED) is 0.512. The number of nitrogens with zero attached hydrogens (tertiary/aromatic N) is 1. The molecule has 7 nitrogen and oxygen atoms in total. The second-order valence-electron chi connectivity index (χ2n) is 6.69. The fourth-order valence-corrected chi connectivity index (χ4v) is 5.90. The molecule has 2 aromatic carbocycles. The number of ether oxygens (including phenoxy) is 2. The molecular formula is C21H22FNO6S. The van der Waals surface area contributed by atoms with E-state index in [4.69, 9.17) is 9.47 Å². The Bertz CT molecular complexity index is 1010. The first kappa shape index (κ1) is 21.8. The van der Waals surface area contributed by atoms with E-state index in [0.717, 1.165) is 16.4 Å². The number of sulfonamides is 1. The van der Waals surface area contributed by atoms with Gasteiger partial charge < -0.3 is 9.47 Å². The number of benzene rings is 2. The number of hydrogen-bond donors (Lipinski definition) is 0. The van der Waals surface area contributed by atoms with Crippen LogP contribution in [0.25, 0.3) is 0 Å². The van der Waals surface area contributed by atoms with Crippen molar-refractivity contribution in [1.29, 1.82) is 0 Å². The Morgan fingerprint density at radius 3 is 2.03 bits per heavy atom. The normalized spacial score (nSPS) is 19.3. The third-order valence-electron chi connectivity index (χ3n) is 4.92. The van der Waals surface area contributed by atoms with Gasteiger partial charge in [-0.3, -0.25) is 0 Å². The largest absolute Gasteiger partial charge is 0.464 e. The molecule has 30 heavy (non-hydrogen) atoms. The van der Waals surface area contributed by atoms with E-state index in [-0.39, 0.29) is 18.9 Å². The van der Waals surface area contributed by atoms with Crippen molar-refractivity contribution >= 4 is 27.6 Å². The molecule has 0 amide bonds. The summed E-state index contributed by atoms with van der Waals surface area (Å²) in [6.45, 7) is 2.97. The Hall–Kier alpha value is -2.94. The van der Waals surface area contributed by atoms with E-state index in [1.54, 1.807) is 32.0 Å². The van der Waals surface area contributed by atoms with Gasteiger partial charge in [-0.25, -0.2) is 26.7 Å². The van der Waals surface area contributed by atoms with Gasteiger partial charge in [0.1, 0.15) is 5.82 Å². The number of esters is 2. The first-order valence-electron chi connectivity index (χ1n) is 9.47. The van der Waals surface area contributed by atoms with Crippen LogP contribution in [0.4, 0.5) is 10.1 Å². The fraction of sp³-hybridized carbons (Fsp3) is 0.333. The summed E-state index contributed by atoms with van der Waals surface area (Å²) in [5.41, 5.74) is -1.88. The monoisotopic (exact) mass is 435 g/mol. The highest BCUT2D eigenvalue weighted by molar-refractivity contribution is 7.93. The van der Waals surface area contributed by atoms with Gasteiger partial charge in [0.15, 0.2) is 0 Å². The lowest BCUT2D eigenvalue weighted by molar-refractivity contribution is -0.164. The molecule has 1 atom stereocenters. The standard InChI is InChI=1S/C21H22FNO6S/c1-3-28-19(24)21(20(25)29-4-2)18(15-10-12-16(22)13-11-15)14-30(26,27)23(21)17-8-6-5-7-9-17/h5-13,18H,3-4,14H2,1-2H3. The lowest BCUT2D eigenvalue weighted by Crippen LogP contribution is -2.62. The third-order valence-corrected chi connectivity index (χ3v) is 6.73. The zero-order valence-corrected chi connectivity index (χ0v) is 17.4. The van der Waals surface area contributed by atoms with Gasteiger partial charge in [0.05, 0.1) is 24.7 Å². The highest BCUT2D eigenvalue weighted by Gasteiger charge is 2.68. The van der Waals surface area contributed by atoms with Gasteiger partial charge >= 0.3 is 11.9 Å². The van der Waals surface area contributed by atoms with Crippen LogP contribution in [0, 0.1) is 5.82 Å². The number of hydrogen-bond acceptors (Lipinski definition) is 6. The molecule has 0 saturated carbocycles. The molecule has 3 rings (SSSR count). The van der Waals surface area contributed by atoms with Crippen molar-refractivity contribution in [2.24, 2.45) is 0 Å². The summed E-state index contributed by atoms with van der Waals surface area (Å²) in [5, 5.41) is 0. The molecule has 0 radical (unpaired) electrons. The van der Waals surface area contributed by atoms with E-state index in [1.807, 2.05) is 0 Å². The molecule has 160 valence electrons. The number of carbonyl (C=O) groups is 2. The van der Waals surface area contributed by atoms with Crippen LogP contribution in [0.3, 0.4) is 0 Å². The molecule has 1 unspecified atom stereocenters. The van der Waals surface area contributed by atoms with Gasteiger partial charge in [-0.05, 0) is 43.7 Å². The maximum absolute atomic E-state index is 13.5. The SMILES string of the molecule is CCOC(=O)C1(C(=O)OCC)C(c2ccc(F)cc2)CS(=O)(=O)N1c1ccccc1. The second-order valence-corrected chi connectivity index (χ2v) is 8.55. The zero-order chi connectivity index (χ0) is 21.9. The Morgan fingerprint density at radius 2 is 1.53 bits per heavy atom. The summed E-state index contributed by atoms with van der Waals surface area (Å²) in [7, 11) is -4.14. The zero-order valence-electron chi connectivity index (χ0n) is 16.6. The summed E-state index contributed by atoms with van der Waals surface area (Å²) in [6.07, 6.45) is 0. The molecule has 9 heteroatoms. The van der Waals surface area contributed by atoms with Gasteiger partial charge in [-0.2, -0.15) is 0 Å². The summed E-state index contributed by atoms with van der Waals surface area (Å²) in [4.78, 5) is 26.6. The molecule has 0 spiro atoms. The Balaban J connectivity index is 2.34. The van der Waals surface area contributed by atoms with Crippen molar-refractivity contribution in [3.63, 3.8) is 0 Å². The van der Waals surface area contributed by atoms with Gasteiger partial charge in [-0.1, -0.05) is 30.3 Å². The van der Waals surface area contributed by atoms with Crippen LogP contribution in [-0.2, 0) is 29.1 Å². The molecule has 0 aromatic heterocycles. The Kier molecular flexibility index (Phi) is 6.12. The second kappa shape index (κ2) is 8.43. The fourth-order valence-electron chi connectivity index (χ4n) is 3.74. The van der Waals surface area contributed by atoms with E-state index >= 15 is 0 Å². The van der Waals surface area contributed by atoms with Crippen molar-refractivity contribution in [1.82, 2.24) is 0 Å². The van der Waals surface area contributed by atoms with Gasteiger partial charge in [-0.15, -0.1) is 0 Å². The number of halogens is 1. The van der Waals surface area contributed by atoms with Gasteiger partial charge in [0.2, 0.25) is 10.0 Å². The average Bonchev–Trinajstić information content (AvgIpc) is 2.98. The molecule has 0 bridgehead atoms. The Morgan fingerprint density at radius 1 is 1.00 bits per heavy atom. The maximum Gasteiger partial charge on any atom is 0.345 e. The van der Waals surface area contributed by atoms with Crippen LogP contribution in [0.15, 0.2) is 54.6 Å². The molecule has 0 N–H and O–H groups in total. The minimum absolute atomic E-state index is 0.0706. The first-order valence-corrected chi connectivity index (χ1v) is 11.1.